The van der Waals surface area contributed by atoms with Crippen molar-refractivity contribution in [2.45, 2.75) is 36.8 Å². The first-order chi connectivity index (χ1) is 16.7. The van der Waals surface area contributed by atoms with Gasteiger partial charge in [0.05, 0.1) is 23.8 Å². The van der Waals surface area contributed by atoms with Crippen LogP contribution in [-0.2, 0) is 0 Å². The summed E-state index contributed by atoms with van der Waals surface area (Å²) in [6, 6.07) is 13.7. The van der Waals surface area contributed by atoms with Crippen LogP contribution in [-0.4, -0.2) is 64.2 Å². The molecule has 3 atom stereocenters. The SMILES string of the molecule is COc1ccc2nccc([C@H](O)CC[C@@H]3CCN(CCCSc4ccccn4)C[C@@H]3CO)c2c1. The lowest BCUT2D eigenvalue weighted by molar-refractivity contribution is 0.0581. The average molecular weight is 482 g/mol. The number of benzene rings is 1. The van der Waals surface area contributed by atoms with Gasteiger partial charge in [-0.1, -0.05) is 6.07 Å². The van der Waals surface area contributed by atoms with Gasteiger partial charge in [-0.25, -0.2) is 4.98 Å². The number of rotatable bonds is 11. The molecule has 1 fully saturated rings. The predicted octanol–water partition coefficient (Wildman–Crippen LogP) is 4.56. The fourth-order valence-corrected chi connectivity index (χ4v) is 5.73. The molecule has 1 aromatic carbocycles. The fourth-order valence-electron chi connectivity index (χ4n) is 4.93. The highest BCUT2D eigenvalue weighted by molar-refractivity contribution is 7.99. The van der Waals surface area contributed by atoms with Crippen LogP contribution in [0.2, 0.25) is 0 Å². The molecular formula is C27H35N3O3S. The molecule has 0 unspecified atom stereocenters. The first-order valence-corrected chi connectivity index (χ1v) is 13.1. The molecule has 0 bridgehead atoms. The highest BCUT2D eigenvalue weighted by Gasteiger charge is 2.29. The number of piperidine rings is 1. The van der Waals surface area contributed by atoms with Gasteiger partial charge in [0.25, 0.3) is 0 Å². The van der Waals surface area contributed by atoms with E-state index in [1.807, 2.05) is 42.6 Å². The normalized spacial score (nSPS) is 19.9. The third-order valence-corrected chi connectivity index (χ3v) is 7.90. The molecule has 6 nitrogen and oxygen atoms in total. The lowest BCUT2D eigenvalue weighted by Crippen LogP contribution is -2.42. The molecule has 4 rings (SSSR count). The van der Waals surface area contributed by atoms with E-state index in [1.54, 1.807) is 25.1 Å². The van der Waals surface area contributed by atoms with Crippen molar-refractivity contribution in [2.24, 2.45) is 11.8 Å². The quantitative estimate of drug-likeness (QED) is 0.307. The minimum absolute atomic E-state index is 0.204. The summed E-state index contributed by atoms with van der Waals surface area (Å²) in [6.07, 6.45) is 6.80. The van der Waals surface area contributed by atoms with Gasteiger partial charge < -0.3 is 19.8 Å². The molecule has 3 aromatic rings. The number of ether oxygens (including phenoxy) is 1. The highest BCUT2D eigenvalue weighted by atomic mass is 32.2. The molecule has 0 radical (unpaired) electrons. The number of hydrogen-bond donors (Lipinski definition) is 2. The van der Waals surface area contributed by atoms with Gasteiger partial charge in [0.15, 0.2) is 0 Å². The zero-order valence-corrected chi connectivity index (χ0v) is 20.7. The van der Waals surface area contributed by atoms with Crippen molar-refractivity contribution in [2.75, 3.05) is 39.1 Å². The topological polar surface area (TPSA) is 78.7 Å². The number of fused-ring (bicyclic) bond motifs is 1. The van der Waals surface area contributed by atoms with Gasteiger partial charge in [-0.3, -0.25) is 4.98 Å². The van der Waals surface area contributed by atoms with Crippen LogP contribution in [0.5, 0.6) is 5.75 Å². The molecule has 0 saturated carbocycles. The Labute approximate surface area is 206 Å². The largest absolute Gasteiger partial charge is 0.497 e. The maximum atomic E-state index is 11.0. The third-order valence-electron chi connectivity index (χ3n) is 6.87. The molecule has 3 heterocycles. The molecule has 1 saturated heterocycles. The number of aromatic nitrogens is 2. The van der Waals surface area contributed by atoms with Gasteiger partial charge in [0, 0.05) is 36.7 Å². The minimum Gasteiger partial charge on any atom is -0.497 e. The van der Waals surface area contributed by atoms with Gasteiger partial charge in [-0.2, -0.15) is 0 Å². The number of hydrogen-bond acceptors (Lipinski definition) is 7. The van der Waals surface area contributed by atoms with E-state index in [2.05, 4.69) is 20.9 Å². The minimum atomic E-state index is -0.557. The van der Waals surface area contributed by atoms with Crippen molar-refractivity contribution in [1.29, 1.82) is 0 Å². The van der Waals surface area contributed by atoms with Crippen molar-refractivity contribution in [3.05, 3.63) is 60.4 Å². The van der Waals surface area contributed by atoms with Gasteiger partial charge in [-0.05, 0) is 92.6 Å². The van der Waals surface area contributed by atoms with Crippen molar-refractivity contribution >= 4 is 22.7 Å². The molecule has 0 aliphatic carbocycles. The summed E-state index contributed by atoms with van der Waals surface area (Å²) in [5, 5.41) is 23.1. The average Bonchev–Trinajstić information content (AvgIpc) is 2.89. The number of likely N-dealkylation sites (tertiary alicyclic amines) is 1. The molecule has 34 heavy (non-hydrogen) atoms. The Balaban J connectivity index is 1.26. The Morgan fingerprint density at radius 1 is 1.15 bits per heavy atom. The zero-order chi connectivity index (χ0) is 23.8. The first-order valence-electron chi connectivity index (χ1n) is 12.2. The van der Waals surface area contributed by atoms with Crippen LogP contribution in [0.15, 0.2) is 59.9 Å². The molecule has 1 aliphatic rings. The summed E-state index contributed by atoms with van der Waals surface area (Å²) in [5.41, 5.74) is 1.76. The van der Waals surface area contributed by atoms with Crippen molar-refractivity contribution < 1.29 is 14.9 Å². The van der Waals surface area contributed by atoms with Crippen molar-refractivity contribution in [3.8, 4) is 5.75 Å². The number of aliphatic hydroxyl groups excluding tert-OH is 2. The van der Waals surface area contributed by atoms with Gasteiger partial charge in [0.2, 0.25) is 0 Å². The lowest BCUT2D eigenvalue weighted by Gasteiger charge is -2.38. The molecule has 7 heteroatoms. The summed E-state index contributed by atoms with van der Waals surface area (Å²) in [5.74, 6) is 2.51. The smallest absolute Gasteiger partial charge is 0.119 e. The summed E-state index contributed by atoms with van der Waals surface area (Å²) in [4.78, 5) is 11.3. The maximum Gasteiger partial charge on any atom is 0.119 e. The Morgan fingerprint density at radius 2 is 2.06 bits per heavy atom. The summed E-state index contributed by atoms with van der Waals surface area (Å²) in [6.45, 7) is 3.24. The standard InChI is InChI=1S/C27H35N3O3S/c1-33-22-7-8-25-24(17-22)23(10-13-28-25)26(32)9-6-20-11-15-30(18-21(20)19-31)14-4-16-34-27-5-2-3-12-29-27/h2-3,5,7-8,10,12-13,17,20-21,26,31-32H,4,6,9,11,14-16,18-19H2,1H3/t20-,21-,26-/m1/s1. The highest BCUT2D eigenvalue weighted by Crippen LogP contribution is 2.33. The number of aliphatic hydroxyl groups is 2. The molecule has 2 N–H and O–H groups in total. The summed E-state index contributed by atoms with van der Waals surface area (Å²) >= 11 is 1.80. The van der Waals surface area contributed by atoms with E-state index in [0.717, 1.165) is 71.9 Å². The first kappa shape index (κ1) is 24.9. The maximum absolute atomic E-state index is 11.0. The van der Waals surface area contributed by atoms with E-state index in [9.17, 15) is 10.2 Å². The van der Waals surface area contributed by atoms with Gasteiger partial charge in [-0.15, -0.1) is 11.8 Å². The Bertz CT molecular complexity index is 1040. The molecule has 0 spiro atoms. The second kappa shape index (κ2) is 12.5. The lowest BCUT2D eigenvalue weighted by atomic mass is 9.81. The van der Waals surface area contributed by atoms with Crippen LogP contribution >= 0.6 is 11.8 Å². The van der Waals surface area contributed by atoms with Crippen molar-refractivity contribution in [1.82, 2.24) is 14.9 Å². The van der Waals surface area contributed by atoms with Crippen LogP contribution in [0.3, 0.4) is 0 Å². The Morgan fingerprint density at radius 3 is 2.85 bits per heavy atom. The second-order valence-electron chi connectivity index (χ2n) is 9.04. The molecule has 2 aromatic heterocycles. The summed E-state index contributed by atoms with van der Waals surface area (Å²) < 4.78 is 5.36. The predicted molar refractivity (Wildman–Crippen MR) is 137 cm³/mol. The van der Waals surface area contributed by atoms with Gasteiger partial charge >= 0.3 is 0 Å². The number of pyridine rings is 2. The third kappa shape index (κ3) is 6.48. The van der Waals surface area contributed by atoms with Crippen LogP contribution in [0.25, 0.3) is 10.9 Å². The zero-order valence-electron chi connectivity index (χ0n) is 19.8. The van der Waals surface area contributed by atoms with Gasteiger partial charge in [0.1, 0.15) is 5.75 Å². The summed E-state index contributed by atoms with van der Waals surface area (Å²) in [7, 11) is 1.65. The number of thioether (sulfide) groups is 1. The van der Waals surface area contributed by atoms with Crippen LogP contribution < -0.4 is 4.74 Å². The molecule has 0 amide bonds. The van der Waals surface area contributed by atoms with E-state index >= 15 is 0 Å². The van der Waals surface area contributed by atoms with E-state index in [1.165, 1.54) is 0 Å². The Kier molecular flexibility index (Phi) is 9.16. The molecular weight excluding hydrogens is 446 g/mol. The fraction of sp³-hybridized carbons (Fsp3) is 0.481. The van der Waals surface area contributed by atoms with E-state index in [0.29, 0.717) is 12.3 Å². The van der Waals surface area contributed by atoms with E-state index in [-0.39, 0.29) is 12.5 Å². The van der Waals surface area contributed by atoms with Crippen molar-refractivity contribution in [3.63, 3.8) is 0 Å². The molecule has 1 aliphatic heterocycles. The monoisotopic (exact) mass is 481 g/mol. The van der Waals surface area contributed by atoms with E-state index in [4.69, 9.17) is 4.74 Å². The second-order valence-corrected chi connectivity index (χ2v) is 10.2. The molecule has 182 valence electrons. The number of nitrogens with zero attached hydrogens (tertiary/aromatic N) is 3. The van der Waals surface area contributed by atoms with E-state index < -0.39 is 6.10 Å². The van der Waals surface area contributed by atoms with Crippen LogP contribution in [0, 0.1) is 11.8 Å². The van der Waals surface area contributed by atoms with Crippen LogP contribution in [0.4, 0.5) is 0 Å². The van der Waals surface area contributed by atoms with Crippen LogP contribution in [0.1, 0.15) is 37.4 Å². The number of methoxy groups -OCH3 is 1. The Hall–Kier alpha value is -2.19.